The second kappa shape index (κ2) is 11.0. The fraction of sp³-hybridized carbons (Fsp3) is 0.435. The zero-order valence-electron chi connectivity index (χ0n) is 18.8. The molecule has 1 atom stereocenters. The number of piperidine rings is 1. The number of methoxy groups -OCH3 is 2. The Balaban J connectivity index is 1.56. The van der Waals surface area contributed by atoms with Crippen LogP contribution in [-0.2, 0) is 20.6 Å². The zero-order valence-corrected chi connectivity index (χ0v) is 21.1. The summed E-state index contributed by atoms with van der Waals surface area (Å²) in [5.74, 6) is 0.727. The molecule has 3 rings (SSSR count). The summed E-state index contributed by atoms with van der Waals surface area (Å²) < 4.78 is 37.7. The lowest BCUT2D eigenvalue weighted by atomic mass is 9.96. The fourth-order valence-electron chi connectivity index (χ4n) is 3.86. The van der Waals surface area contributed by atoms with E-state index in [0.717, 1.165) is 5.56 Å². The van der Waals surface area contributed by atoms with Gasteiger partial charge in [0.2, 0.25) is 15.9 Å². The van der Waals surface area contributed by atoms with Crippen LogP contribution in [0.1, 0.15) is 36.9 Å². The highest BCUT2D eigenvalue weighted by molar-refractivity contribution is 7.88. The van der Waals surface area contributed by atoms with Crippen molar-refractivity contribution >= 4 is 39.1 Å². The highest BCUT2D eigenvalue weighted by Gasteiger charge is 2.31. The van der Waals surface area contributed by atoms with Crippen LogP contribution in [0, 0.1) is 5.92 Å². The molecule has 1 amide bonds. The van der Waals surface area contributed by atoms with Gasteiger partial charge in [0, 0.05) is 19.0 Å². The molecule has 0 aliphatic carbocycles. The van der Waals surface area contributed by atoms with Gasteiger partial charge in [-0.2, -0.15) is 0 Å². The number of rotatable bonds is 8. The molecule has 10 heteroatoms. The molecule has 1 saturated heterocycles. The summed E-state index contributed by atoms with van der Waals surface area (Å²) in [5.41, 5.74) is 1.47. The number of nitrogens with one attached hydrogen (secondary N) is 1. The van der Waals surface area contributed by atoms with Gasteiger partial charge in [-0.15, -0.1) is 0 Å². The Kier molecular flexibility index (Phi) is 8.50. The van der Waals surface area contributed by atoms with E-state index in [1.165, 1.54) is 4.31 Å². The van der Waals surface area contributed by atoms with Crippen molar-refractivity contribution in [1.82, 2.24) is 9.62 Å². The molecule has 2 aromatic carbocycles. The molecule has 0 unspecified atom stereocenters. The van der Waals surface area contributed by atoms with Crippen LogP contribution in [0.4, 0.5) is 0 Å². The van der Waals surface area contributed by atoms with Gasteiger partial charge in [-0.1, -0.05) is 35.3 Å². The standard InChI is InChI=1S/C23H28Cl2N2O5S/c1-15(18-5-7-21(31-2)22(13-18)32-3)26-23(28)17-8-10-27(11-9-17)33(29,30)14-16-4-6-19(24)20(25)12-16/h4-7,12-13,15,17H,8-11,14H2,1-3H3,(H,26,28)/t15-/m1/s1. The zero-order chi connectivity index (χ0) is 24.2. The number of hydrogen-bond donors (Lipinski definition) is 1. The number of ether oxygens (including phenoxy) is 2. The molecule has 180 valence electrons. The SMILES string of the molecule is COc1ccc([C@@H](C)NC(=O)C2CCN(S(=O)(=O)Cc3ccc(Cl)c(Cl)c3)CC2)cc1OC. The number of halogens is 2. The average molecular weight is 515 g/mol. The van der Waals surface area contributed by atoms with Crippen molar-refractivity contribution in [3.63, 3.8) is 0 Å². The molecule has 33 heavy (non-hydrogen) atoms. The molecule has 1 aliphatic heterocycles. The highest BCUT2D eigenvalue weighted by atomic mass is 35.5. The molecule has 7 nitrogen and oxygen atoms in total. The summed E-state index contributed by atoms with van der Waals surface area (Å²) >= 11 is 11.9. The summed E-state index contributed by atoms with van der Waals surface area (Å²) in [6.07, 6.45) is 0.927. The Morgan fingerprint density at radius 3 is 2.33 bits per heavy atom. The van der Waals surface area contributed by atoms with Crippen molar-refractivity contribution < 1.29 is 22.7 Å². The third-order valence-corrected chi connectivity index (χ3v) is 8.41. The number of hydrogen-bond acceptors (Lipinski definition) is 5. The van der Waals surface area contributed by atoms with Gasteiger partial charge in [-0.3, -0.25) is 4.79 Å². The first-order valence-electron chi connectivity index (χ1n) is 10.6. The summed E-state index contributed by atoms with van der Waals surface area (Å²) in [6, 6.07) is 10.1. The lowest BCUT2D eigenvalue weighted by Gasteiger charge is -2.31. The van der Waals surface area contributed by atoms with E-state index < -0.39 is 10.0 Å². The Bertz CT molecular complexity index is 1100. The van der Waals surface area contributed by atoms with E-state index in [4.69, 9.17) is 32.7 Å². The van der Waals surface area contributed by atoms with Gasteiger partial charge in [-0.05, 0) is 55.2 Å². The van der Waals surface area contributed by atoms with Crippen molar-refractivity contribution in [3.8, 4) is 11.5 Å². The van der Waals surface area contributed by atoms with Gasteiger partial charge in [0.25, 0.3) is 0 Å². The van der Waals surface area contributed by atoms with E-state index in [0.29, 0.717) is 53.0 Å². The molecule has 1 heterocycles. The van der Waals surface area contributed by atoms with Gasteiger partial charge < -0.3 is 14.8 Å². The molecule has 1 fully saturated rings. The van der Waals surface area contributed by atoms with Crippen molar-refractivity contribution in [3.05, 3.63) is 57.6 Å². The normalized spacial score (nSPS) is 16.3. The second-order valence-electron chi connectivity index (χ2n) is 8.02. The molecular weight excluding hydrogens is 487 g/mol. The van der Waals surface area contributed by atoms with Crippen LogP contribution in [0.25, 0.3) is 0 Å². The van der Waals surface area contributed by atoms with Gasteiger partial charge in [0.05, 0.1) is 36.1 Å². The first-order valence-corrected chi connectivity index (χ1v) is 12.9. The van der Waals surface area contributed by atoms with Crippen molar-refractivity contribution in [2.24, 2.45) is 5.92 Å². The van der Waals surface area contributed by atoms with E-state index in [9.17, 15) is 13.2 Å². The third kappa shape index (κ3) is 6.32. The monoisotopic (exact) mass is 514 g/mol. The number of carbonyl (C=O) groups excluding carboxylic acids is 1. The first-order chi connectivity index (χ1) is 15.6. The molecule has 0 bridgehead atoms. The van der Waals surface area contributed by atoms with Gasteiger partial charge in [0.15, 0.2) is 11.5 Å². The van der Waals surface area contributed by atoms with Crippen LogP contribution in [-0.4, -0.2) is 45.9 Å². The number of amides is 1. The summed E-state index contributed by atoms with van der Waals surface area (Å²) in [7, 11) is -0.388. The van der Waals surface area contributed by atoms with Gasteiger partial charge >= 0.3 is 0 Å². The average Bonchev–Trinajstić information content (AvgIpc) is 2.80. The molecule has 0 aromatic heterocycles. The number of sulfonamides is 1. The molecule has 0 spiro atoms. The lowest BCUT2D eigenvalue weighted by molar-refractivity contribution is -0.126. The van der Waals surface area contributed by atoms with Crippen LogP contribution in [0.3, 0.4) is 0 Å². The first kappa shape index (κ1) is 25.6. The van der Waals surface area contributed by atoms with E-state index in [-0.39, 0.29) is 23.6 Å². The Morgan fingerprint density at radius 2 is 1.73 bits per heavy atom. The van der Waals surface area contributed by atoms with Gasteiger partial charge in [-0.25, -0.2) is 12.7 Å². The quantitative estimate of drug-likeness (QED) is 0.563. The molecule has 2 aromatic rings. The second-order valence-corrected chi connectivity index (χ2v) is 10.8. The number of carbonyl (C=O) groups is 1. The van der Waals surface area contributed by atoms with E-state index in [1.54, 1.807) is 38.5 Å². The Hall–Kier alpha value is -2.00. The fourth-order valence-corrected chi connectivity index (χ4v) is 5.74. The number of nitrogens with zero attached hydrogens (tertiary/aromatic N) is 1. The minimum absolute atomic E-state index is 0.0844. The smallest absolute Gasteiger partial charge is 0.223 e. The summed E-state index contributed by atoms with van der Waals surface area (Å²) in [5, 5.41) is 3.73. The van der Waals surface area contributed by atoms with E-state index >= 15 is 0 Å². The third-order valence-electron chi connectivity index (χ3n) is 5.82. The van der Waals surface area contributed by atoms with Crippen LogP contribution < -0.4 is 14.8 Å². The topological polar surface area (TPSA) is 84.9 Å². The Labute approximate surface area is 205 Å². The van der Waals surface area contributed by atoms with Crippen molar-refractivity contribution in [2.75, 3.05) is 27.3 Å². The maximum Gasteiger partial charge on any atom is 0.223 e. The van der Waals surface area contributed by atoms with Crippen molar-refractivity contribution in [1.29, 1.82) is 0 Å². The maximum atomic E-state index is 12.8. The predicted octanol–water partition coefficient (Wildman–Crippen LogP) is 4.43. The Morgan fingerprint density at radius 1 is 1.06 bits per heavy atom. The molecule has 0 radical (unpaired) electrons. The van der Waals surface area contributed by atoms with E-state index in [2.05, 4.69) is 5.32 Å². The minimum Gasteiger partial charge on any atom is -0.493 e. The van der Waals surface area contributed by atoms with Crippen LogP contribution in [0.2, 0.25) is 10.0 Å². The molecule has 1 N–H and O–H groups in total. The number of benzene rings is 2. The van der Waals surface area contributed by atoms with E-state index in [1.807, 2.05) is 19.1 Å². The summed E-state index contributed by atoms with van der Waals surface area (Å²) in [6.45, 7) is 2.49. The predicted molar refractivity (Wildman–Crippen MR) is 129 cm³/mol. The van der Waals surface area contributed by atoms with Crippen LogP contribution >= 0.6 is 23.2 Å². The van der Waals surface area contributed by atoms with Crippen molar-refractivity contribution in [2.45, 2.75) is 31.6 Å². The molecular formula is C23H28Cl2N2O5S. The van der Waals surface area contributed by atoms with Crippen LogP contribution in [0.15, 0.2) is 36.4 Å². The van der Waals surface area contributed by atoms with Crippen LogP contribution in [0.5, 0.6) is 11.5 Å². The molecule has 0 saturated carbocycles. The summed E-state index contributed by atoms with van der Waals surface area (Å²) in [4.78, 5) is 12.8. The highest BCUT2D eigenvalue weighted by Crippen LogP contribution is 2.30. The van der Waals surface area contributed by atoms with Gasteiger partial charge in [0.1, 0.15) is 0 Å². The largest absolute Gasteiger partial charge is 0.493 e. The maximum absolute atomic E-state index is 12.8. The minimum atomic E-state index is -3.52. The molecule has 1 aliphatic rings. The lowest BCUT2D eigenvalue weighted by Crippen LogP contribution is -2.43.